The molecule has 27 heavy (non-hydrogen) atoms. The van der Waals surface area contributed by atoms with Crippen LogP contribution in [0.25, 0.3) is 0 Å². The van der Waals surface area contributed by atoms with E-state index in [4.69, 9.17) is 0 Å². The molecular formula is C21H21BrN2O3. The van der Waals surface area contributed by atoms with Crippen molar-refractivity contribution in [2.45, 2.75) is 25.8 Å². The molecule has 0 bridgehead atoms. The van der Waals surface area contributed by atoms with Crippen molar-refractivity contribution < 1.29 is 14.4 Å². The lowest BCUT2D eigenvalue weighted by Gasteiger charge is -2.25. The van der Waals surface area contributed by atoms with Gasteiger partial charge in [0.1, 0.15) is 0 Å². The Labute approximate surface area is 167 Å². The topological polar surface area (TPSA) is 57.7 Å². The van der Waals surface area contributed by atoms with Crippen LogP contribution >= 0.6 is 15.9 Å². The fourth-order valence-corrected chi connectivity index (χ4v) is 3.56. The summed E-state index contributed by atoms with van der Waals surface area (Å²) in [5, 5.41) is 0. The van der Waals surface area contributed by atoms with Crippen molar-refractivity contribution in [2.24, 2.45) is 0 Å². The maximum atomic E-state index is 12.5. The van der Waals surface area contributed by atoms with E-state index in [2.05, 4.69) is 15.9 Å². The summed E-state index contributed by atoms with van der Waals surface area (Å²) in [5.74, 6) is -0.596. The van der Waals surface area contributed by atoms with Crippen molar-refractivity contribution in [1.82, 2.24) is 9.80 Å². The van der Waals surface area contributed by atoms with Crippen LogP contribution in [-0.4, -0.2) is 41.1 Å². The van der Waals surface area contributed by atoms with Crippen LogP contribution in [0, 0.1) is 0 Å². The summed E-state index contributed by atoms with van der Waals surface area (Å²) in [6.07, 6.45) is 0.724. The first-order chi connectivity index (χ1) is 12.9. The van der Waals surface area contributed by atoms with E-state index in [-0.39, 0.29) is 36.7 Å². The number of halogens is 1. The van der Waals surface area contributed by atoms with E-state index >= 15 is 0 Å². The lowest BCUT2D eigenvalue weighted by molar-refractivity contribution is -0.132. The van der Waals surface area contributed by atoms with E-state index in [9.17, 15) is 14.4 Å². The highest BCUT2D eigenvalue weighted by Crippen LogP contribution is 2.26. The first-order valence-electron chi connectivity index (χ1n) is 8.86. The van der Waals surface area contributed by atoms with Gasteiger partial charge in [-0.05, 0) is 37.1 Å². The molecule has 6 heteroatoms. The molecule has 1 atom stereocenters. The molecule has 1 heterocycles. The molecule has 0 fully saturated rings. The average Bonchev–Trinajstić information content (AvgIpc) is 2.91. The van der Waals surface area contributed by atoms with E-state index in [1.54, 1.807) is 30.1 Å². The summed E-state index contributed by atoms with van der Waals surface area (Å²) in [6.45, 7) is 2.22. The molecule has 2 aromatic rings. The Bertz CT molecular complexity index is 882. The first-order valence-corrected chi connectivity index (χ1v) is 9.66. The largest absolute Gasteiger partial charge is 0.339 e. The number of fused-ring (bicyclic) bond motifs is 1. The number of rotatable bonds is 6. The monoisotopic (exact) mass is 428 g/mol. The molecule has 0 aromatic heterocycles. The lowest BCUT2D eigenvalue weighted by Crippen LogP contribution is -2.33. The predicted molar refractivity (Wildman–Crippen MR) is 106 cm³/mol. The second-order valence-electron chi connectivity index (χ2n) is 6.65. The number of benzene rings is 2. The Balaban J connectivity index is 1.56. The van der Waals surface area contributed by atoms with Gasteiger partial charge < -0.3 is 4.90 Å². The van der Waals surface area contributed by atoms with Crippen LogP contribution in [0.2, 0.25) is 0 Å². The van der Waals surface area contributed by atoms with Crippen molar-refractivity contribution in [3.8, 4) is 0 Å². The molecule has 1 aliphatic rings. The third-order valence-electron chi connectivity index (χ3n) is 4.96. The highest BCUT2D eigenvalue weighted by atomic mass is 79.9. The van der Waals surface area contributed by atoms with Gasteiger partial charge in [-0.1, -0.05) is 46.3 Å². The minimum atomic E-state index is -0.297. The van der Waals surface area contributed by atoms with E-state index in [1.807, 2.05) is 37.3 Å². The zero-order valence-corrected chi connectivity index (χ0v) is 16.9. The van der Waals surface area contributed by atoms with Gasteiger partial charge in [-0.25, -0.2) is 0 Å². The molecule has 2 aromatic carbocycles. The van der Waals surface area contributed by atoms with Gasteiger partial charge in [0.2, 0.25) is 5.91 Å². The van der Waals surface area contributed by atoms with E-state index < -0.39 is 0 Å². The minimum Gasteiger partial charge on any atom is -0.339 e. The Hall–Kier alpha value is -2.47. The molecular weight excluding hydrogens is 408 g/mol. The van der Waals surface area contributed by atoms with Crippen LogP contribution in [-0.2, 0) is 4.79 Å². The average molecular weight is 429 g/mol. The highest BCUT2D eigenvalue weighted by Gasteiger charge is 2.35. The van der Waals surface area contributed by atoms with Crippen LogP contribution in [0.1, 0.15) is 52.1 Å². The van der Waals surface area contributed by atoms with Gasteiger partial charge in [0.25, 0.3) is 11.8 Å². The molecule has 0 saturated carbocycles. The fraction of sp³-hybridized carbons (Fsp3) is 0.286. The zero-order chi connectivity index (χ0) is 19.6. The number of hydrogen-bond donors (Lipinski definition) is 0. The maximum absolute atomic E-state index is 12.5. The summed E-state index contributed by atoms with van der Waals surface area (Å²) in [5.41, 5.74) is 1.90. The third kappa shape index (κ3) is 3.95. The molecule has 0 aliphatic carbocycles. The van der Waals surface area contributed by atoms with Crippen LogP contribution in [0.15, 0.2) is 53.0 Å². The Morgan fingerprint density at radius 2 is 1.74 bits per heavy atom. The number of carbonyl (C=O) groups is 3. The molecule has 3 rings (SSSR count). The standard InChI is InChI=1S/C21H21BrN2O3/c1-14(15-7-4-3-5-8-15)23(2)19(25)9-6-12-24-20(26)17-11-10-16(22)13-18(17)21(24)27/h3-5,7-8,10-11,13-14H,6,9,12H2,1-2H3. The summed E-state index contributed by atoms with van der Waals surface area (Å²) < 4.78 is 0.760. The first kappa shape index (κ1) is 19.3. The van der Waals surface area contributed by atoms with Gasteiger partial charge in [-0.15, -0.1) is 0 Å². The van der Waals surface area contributed by atoms with Crippen molar-refractivity contribution in [1.29, 1.82) is 0 Å². The molecule has 0 spiro atoms. The van der Waals surface area contributed by atoms with Crippen molar-refractivity contribution in [3.63, 3.8) is 0 Å². The Kier molecular flexibility index (Phi) is 5.75. The van der Waals surface area contributed by atoms with Crippen LogP contribution in [0.3, 0.4) is 0 Å². The Morgan fingerprint density at radius 1 is 1.07 bits per heavy atom. The second-order valence-corrected chi connectivity index (χ2v) is 7.56. The predicted octanol–water partition coefficient (Wildman–Crippen LogP) is 4.04. The van der Waals surface area contributed by atoms with E-state index in [0.717, 1.165) is 10.0 Å². The molecule has 1 unspecified atom stereocenters. The number of nitrogens with zero attached hydrogens (tertiary/aromatic N) is 2. The fourth-order valence-electron chi connectivity index (χ4n) is 3.20. The van der Waals surface area contributed by atoms with Crippen LogP contribution in [0.4, 0.5) is 0 Å². The van der Waals surface area contributed by atoms with Gasteiger partial charge in [0.05, 0.1) is 17.2 Å². The van der Waals surface area contributed by atoms with E-state index in [1.165, 1.54) is 4.90 Å². The second kappa shape index (κ2) is 8.05. The number of amides is 3. The van der Waals surface area contributed by atoms with Gasteiger partial charge in [-0.3, -0.25) is 19.3 Å². The lowest BCUT2D eigenvalue weighted by atomic mass is 10.1. The zero-order valence-electron chi connectivity index (χ0n) is 15.3. The van der Waals surface area contributed by atoms with Gasteiger partial charge in [0.15, 0.2) is 0 Å². The summed E-state index contributed by atoms with van der Waals surface area (Å²) >= 11 is 3.32. The smallest absolute Gasteiger partial charge is 0.261 e. The number of carbonyl (C=O) groups excluding carboxylic acids is 3. The Morgan fingerprint density at radius 3 is 2.44 bits per heavy atom. The number of hydrogen-bond acceptors (Lipinski definition) is 3. The van der Waals surface area contributed by atoms with Crippen LogP contribution < -0.4 is 0 Å². The summed E-state index contributed by atoms with van der Waals surface area (Å²) in [6, 6.07) is 14.9. The SMILES string of the molecule is CC(c1ccccc1)N(C)C(=O)CCCN1C(=O)c2ccc(Br)cc2C1=O. The molecule has 0 saturated heterocycles. The van der Waals surface area contributed by atoms with E-state index in [0.29, 0.717) is 17.5 Å². The quantitative estimate of drug-likeness (QED) is 0.652. The molecule has 5 nitrogen and oxygen atoms in total. The maximum Gasteiger partial charge on any atom is 0.261 e. The van der Waals surface area contributed by atoms with Crippen molar-refractivity contribution >= 4 is 33.7 Å². The highest BCUT2D eigenvalue weighted by molar-refractivity contribution is 9.10. The van der Waals surface area contributed by atoms with Gasteiger partial charge >= 0.3 is 0 Å². The minimum absolute atomic E-state index is 0.00861. The molecule has 0 N–H and O–H groups in total. The third-order valence-corrected chi connectivity index (χ3v) is 5.45. The van der Waals surface area contributed by atoms with Crippen molar-refractivity contribution in [3.05, 3.63) is 69.7 Å². The van der Waals surface area contributed by atoms with Gasteiger partial charge in [-0.2, -0.15) is 0 Å². The molecule has 1 aliphatic heterocycles. The number of imide groups is 1. The normalized spacial score (nSPS) is 14.3. The summed E-state index contributed by atoms with van der Waals surface area (Å²) in [7, 11) is 1.78. The van der Waals surface area contributed by atoms with Crippen LogP contribution in [0.5, 0.6) is 0 Å². The molecule has 3 amide bonds. The molecule has 140 valence electrons. The summed E-state index contributed by atoms with van der Waals surface area (Å²) in [4.78, 5) is 40.3. The molecule has 0 radical (unpaired) electrons. The van der Waals surface area contributed by atoms with Crippen molar-refractivity contribution in [2.75, 3.05) is 13.6 Å². The van der Waals surface area contributed by atoms with Gasteiger partial charge in [0, 0.05) is 24.5 Å².